The summed E-state index contributed by atoms with van der Waals surface area (Å²) in [5.74, 6) is 0.602. The van der Waals surface area contributed by atoms with Crippen LogP contribution in [0.1, 0.15) is 24.8 Å². The van der Waals surface area contributed by atoms with Crippen molar-refractivity contribution in [1.82, 2.24) is 9.88 Å². The van der Waals surface area contributed by atoms with Gasteiger partial charge < -0.3 is 15.1 Å². The fraction of sp³-hybridized carbons (Fsp3) is 0.409. The lowest BCUT2D eigenvalue weighted by Crippen LogP contribution is -2.30. The van der Waals surface area contributed by atoms with E-state index < -0.39 is 0 Å². The van der Waals surface area contributed by atoms with Crippen LogP contribution in [0.5, 0.6) is 0 Å². The van der Waals surface area contributed by atoms with E-state index in [1.54, 1.807) is 11.1 Å². The van der Waals surface area contributed by atoms with Crippen LogP contribution in [0.3, 0.4) is 0 Å². The van der Waals surface area contributed by atoms with E-state index in [-0.39, 0.29) is 24.2 Å². The minimum Gasteiger partial charge on any atom is -0.357 e. The molecule has 4 rings (SSSR count). The van der Waals surface area contributed by atoms with Crippen LogP contribution < -0.4 is 10.2 Å². The molecule has 0 bridgehead atoms. The molecule has 28 heavy (non-hydrogen) atoms. The van der Waals surface area contributed by atoms with Crippen LogP contribution in [0, 0.1) is 5.92 Å². The maximum atomic E-state index is 12.6. The Balaban J connectivity index is 1.29. The monoisotopic (exact) mass is 378 g/mol. The van der Waals surface area contributed by atoms with Crippen molar-refractivity contribution in [1.29, 1.82) is 0 Å². The van der Waals surface area contributed by atoms with E-state index in [1.165, 1.54) is 18.4 Å². The van der Waals surface area contributed by atoms with Crippen molar-refractivity contribution in [3.8, 4) is 0 Å². The van der Waals surface area contributed by atoms with E-state index >= 15 is 0 Å². The number of carbonyl (C=O) groups is 2. The van der Waals surface area contributed by atoms with Crippen molar-refractivity contribution in [3.05, 3.63) is 54.2 Å². The number of aromatic nitrogens is 1. The van der Waals surface area contributed by atoms with Gasteiger partial charge in [0.05, 0.1) is 17.8 Å². The molecule has 2 aliphatic heterocycles. The molecule has 2 fully saturated rings. The van der Waals surface area contributed by atoms with Gasteiger partial charge in [-0.3, -0.25) is 9.59 Å². The Bertz CT molecular complexity index is 816. The summed E-state index contributed by atoms with van der Waals surface area (Å²) >= 11 is 0. The van der Waals surface area contributed by atoms with Gasteiger partial charge in [-0.2, -0.15) is 0 Å². The number of hydrogen-bond donors (Lipinski definition) is 1. The third-order valence-corrected chi connectivity index (χ3v) is 5.54. The van der Waals surface area contributed by atoms with Crippen molar-refractivity contribution < 1.29 is 9.59 Å². The van der Waals surface area contributed by atoms with Crippen LogP contribution >= 0.6 is 0 Å². The molecular weight excluding hydrogens is 352 g/mol. The number of pyridine rings is 1. The predicted molar refractivity (Wildman–Crippen MR) is 109 cm³/mol. The fourth-order valence-corrected chi connectivity index (χ4v) is 3.91. The Labute approximate surface area is 165 Å². The van der Waals surface area contributed by atoms with Gasteiger partial charge in [-0.15, -0.1) is 0 Å². The summed E-state index contributed by atoms with van der Waals surface area (Å²) in [4.78, 5) is 33.4. The van der Waals surface area contributed by atoms with E-state index in [0.717, 1.165) is 25.3 Å². The molecule has 1 aromatic heterocycles. The van der Waals surface area contributed by atoms with Crippen molar-refractivity contribution in [3.63, 3.8) is 0 Å². The zero-order valence-electron chi connectivity index (χ0n) is 16.0. The van der Waals surface area contributed by atoms with Crippen molar-refractivity contribution in [2.75, 3.05) is 36.4 Å². The van der Waals surface area contributed by atoms with E-state index in [9.17, 15) is 9.59 Å². The van der Waals surface area contributed by atoms with E-state index in [4.69, 9.17) is 0 Å². The van der Waals surface area contributed by atoms with Crippen LogP contribution in [0.4, 0.5) is 11.5 Å². The average molecular weight is 378 g/mol. The average Bonchev–Trinajstić information content (AvgIpc) is 3.38. The van der Waals surface area contributed by atoms with Gasteiger partial charge in [-0.1, -0.05) is 30.3 Å². The molecule has 2 aliphatic rings. The largest absolute Gasteiger partial charge is 0.357 e. The van der Waals surface area contributed by atoms with E-state index in [2.05, 4.69) is 27.3 Å². The molecule has 0 radical (unpaired) electrons. The summed E-state index contributed by atoms with van der Waals surface area (Å²) in [6.45, 7) is 3.22. The minimum absolute atomic E-state index is 0.0542. The second kappa shape index (κ2) is 8.42. The Morgan fingerprint density at radius 3 is 2.61 bits per heavy atom. The second-order valence-electron chi connectivity index (χ2n) is 7.56. The SMILES string of the molecule is O=C(Nc1ccc(N2CCCC2)nc1)C1CC(=O)N(CCc2ccccc2)C1. The number of nitrogens with one attached hydrogen (secondary N) is 1. The lowest BCUT2D eigenvalue weighted by molar-refractivity contribution is -0.128. The molecule has 0 spiro atoms. The summed E-state index contributed by atoms with van der Waals surface area (Å²) in [5.41, 5.74) is 1.88. The summed E-state index contributed by atoms with van der Waals surface area (Å²) in [5, 5.41) is 2.92. The zero-order valence-corrected chi connectivity index (χ0v) is 16.0. The van der Waals surface area contributed by atoms with Gasteiger partial charge in [-0.25, -0.2) is 4.98 Å². The van der Waals surface area contributed by atoms with Gasteiger partial charge in [0.2, 0.25) is 11.8 Å². The number of benzene rings is 1. The highest BCUT2D eigenvalue weighted by Gasteiger charge is 2.34. The Morgan fingerprint density at radius 2 is 1.89 bits per heavy atom. The maximum absolute atomic E-state index is 12.6. The first-order chi connectivity index (χ1) is 13.7. The minimum atomic E-state index is -0.304. The maximum Gasteiger partial charge on any atom is 0.229 e. The van der Waals surface area contributed by atoms with Gasteiger partial charge in [0, 0.05) is 32.6 Å². The number of carbonyl (C=O) groups excluding carboxylic acids is 2. The predicted octanol–water partition coefficient (Wildman–Crippen LogP) is 2.71. The van der Waals surface area contributed by atoms with Crippen LogP contribution in [0.15, 0.2) is 48.7 Å². The Morgan fingerprint density at radius 1 is 1.11 bits per heavy atom. The number of nitrogens with zero attached hydrogens (tertiary/aromatic N) is 3. The molecule has 0 aliphatic carbocycles. The van der Waals surface area contributed by atoms with Crippen LogP contribution in [0.2, 0.25) is 0 Å². The highest BCUT2D eigenvalue weighted by Crippen LogP contribution is 2.22. The topological polar surface area (TPSA) is 65.5 Å². The highest BCUT2D eigenvalue weighted by atomic mass is 16.2. The van der Waals surface area contributed by atoms with Crippen LogP contribution in [-0.4, -0.2) is 47.9 Å². The number of likely N-dealkylation sites (tertiary alicyclic amines) is 1. The summed E-state index contributed by atoms with van der Waals surface area (Å²) in [7, 11) is 0. The lowest BCUT2D eigenvalue weighted by Gasteiger charge is -2.17. The second-order valence-corrected chi connectivity index (χ2v) is 7.56. The molecular formula is C22H26N4O2. The third-order valence-electron chi connectivity index (χ3n) is 5.54. The molecule has 6 heteroatoms. The molecule has 2 amide bonds. The van der Waals surface area contributed by atoms with Crippen molar-refractivity contribution >= 4 is 23.3 Å². The van der Waals surface area contributed by atoms with Gasteiger partial charge in [0.1, 0.15) is 5.82 Å². The van der Waals surface area contributed by atoms with Crippen LogP contribution in [0.25, 0.3) is 0 Å². The van der Waals surface area contributed by atoms with Crippen molar-refractivity contribution in [2.24, 2.45) is 5.92 Å². The van der Waals surface area contributed by atoms with Gasteiger partial charge in [0.15, 0.2) is 0 Å². The standard InChI is InChI=1S/C22H26N4O2/c27-21-14-18(16-26(21)13-10-17-6-2-1-3-7-17)22(28)24-19-8-9-20(23-15-19)25-11-4-5-12-25/h1-3,6-9,15,18H,4-5,10-14,16H2,(H,24,28). The molecule has 146 valence electrons. The zero-order chi connectivity index (χ0) is 19.3. The molecule has 1 unspecified atom stereocenters. The number of anilines is 2. The molecule has 1 aromatic carbocycles. The molecule has 2 saturated heterocycles. The molecule has 2 aromatic rings. The number of amides is 2. The highest BCUT2D eigenvalue weighted by molar-refractivity contribution is 5.97. The lowest BCUT2D eigenvalue weighted by atomic mass is 10.1. The van der Waals surface area contributed by atoms with E-state index in [0.29, 0.717) is 18.8 Å². The normalized spacial score (nSPS) is 19.3. The number of hydrogen-bond acceptors (Lipinski definition) is 4. The molecule has 3 heterocycles. The van der Waals surface area contributed by atoms with Crippen LogP contribution in [-0.2, 0) is 16.0 Å². The summed E-state index contributed by atoms with van der Waals surface area (Å²) < 4.78 is 0. The third kappa shape index (κ3) is 4.32. The molecule has 1 N–H and O–H groups in total. The molecule has 1 atom stereocenters. The number of rotatable bonds is 6. The van der Waals surface area contributed by atoms with Gasteiger partial charge in [0.25, 0.3) is 0 Å². The fourth-order valence-electron chi connectivity index (χ4n) is 3.91. The summed E-state index contributed by atoms with van der Waals surface area (Å²) in [6.07, 6.45) is 5.20. The quantitative estimate of drug-likeness (QED) is 0.839. The molecule has 6 nitrogen and oxygen atoms in total. The van der Waals surface area contributed by atoms with Gasteiger partial charge in [-0.05, 0) is 37.0 Å². The smallest absolute Gasteiger partial charge is 0.229 e. The first kappa shape index (κ1) is 18.5. The Hall–Kier alpha value is -2.89. The van der Waals surface area contributed by atoms with Gasteiger partial charge >= 0.3 is 0 Å². The van der Waals surface area contributed by atoms with Crippen molar-refractivity contribution in [2.45, 2.75) is 25.7 Å². The summed E-state index contributed by atoms with van der Waals surface area (Å²) in [6, 6.07) is 13.9. The Kier molecular flexibility index (Phi) is 5.55. The van der Waals surface area contributed by atoms with E-state index in [1.807, 2.05) is 30.3 Å². The first-order valence-corrected chi connectivity index (χ1v) is 10.0. The molecule has 0 saturated carbocycles. The first-order valence-electron chi connectivity index (χ1n) is 10.0.